The first-order valence-corrected chi connectivity index (χ1v) is 4.87. The van der Waals surface area contributed by atoms with Gasteiger partial charge in [-0.15, -0.1) is 0 Å². The average Bonchev–Trinajstić information content (AvgIpc) is 2.15. The van der Waals surface area contributed by atoms with Gasteiger partial charge in [-0.05, 0) is 0 Å². The van der Waals surface area contributed by atoms with E-state index in [2.05, 4.69) is 0 Å². The van der Waals surface area contributed by atoms with Gasteiger partial charge in [0.05, 0.1) is 0 Å². The summed E-state index contributed by atoms with van der Waals surface area (Å²) in [6, 6.07) is 0. The van der Waals surface area contributed by atoms with Crippen molar-refractivity contribution < 1.29 is 33.3 Å². The molecule has 17 heavy (non-hydrogen) atoms. The van der Waals surface area contributed by atoms with Gasteiger partial charge in [0.15, 0.2) is 6.10 Å². The molecule has 0 radical (unpaired) electrons. The van der Waals surface area contributed by atoms with Gasteiger partial charge in [-0.25, -0.2) is 0 Å². The van der Waals surface area contributed by atoms with Gasteiger partial charge in [0.25, 0.3) is 6.29 Å². The molecule has 0 rings (SSSR count). The SMILES string of the molecule is COC(COC(C)=O)C(OC(C)=O)OC(C)=O. The van der Waals surface area contributed by atoms with Crippen LogP contribution in [0, 0.1) is 0 Å². The first-order chi connectivity index (χ1) is 7.86. The Bertz CT molecular complexity index is 270. The van der Waals surface area contributed by atoms with Crippen molar-refractivity contribution in [2.45, 2.75) is 33.2 Å². The lowest BCUT2D eigenvalue weighted by atomic mass is 10.3. The molecule has 0 aromatic rings. The number of carbonyl (C=O) groups excluding carboxylic acids is 3. The summed E-state index contributed by atoms with van der Waals surface area (Å²) in [4.78, 5) is 32.3. The van der Waals surface area contributed by atoms with Gasteiger partial charge in [0, 0.05) is 27.9 Å². The lowest BCUT2D eigenvalue weighted by Gasteiger charge is -2.24. The molecule has 0 fully saturated rings. The van der Waals surface area contributed by atoms with Gasteiger partial charge in [0.2, 0.25) is 0 Å². The van der Waals surface area contributed by atoms with E-state index in [0.717, 1.165) is 13.8 Å². The molecule has 7 nitrogen and oxygen atoms in total. The third kappa shape index (κ3) is 7.29. The predicted octanol–water partition coefficient (Wildman–Crippen LogP) is 0.0168. The molecule has 0 saturated carbocycles. The molecular weight excluding hydrogens is 232 g/mol. The minimum absolute atomic E-state index is 0.183. The van der Waals surface area contributed by atoms with E-state index in [9.17, 15) is 14.4 Å². The lowest BCUT2D eigenvalue weighted by molar-refractivity contribution is -0.212. The van der Waals surface area contributed by atoms with E-state index in [1.165, 1.54) is 14.0 Å². The van der Waals surface area contributed by atoms with Crippen LogP contribution in [0.1, 0.15) is 20.8 Å². The van der Waals surface area contributed by atoms with Crippen molar-refractivity contribution in [3.8, 4) is 0 Å². The van der Waals surface area contributed by atoms with Crippen LogP contribution in [-0.2, 0) is 33.3 Å². The number of rotatable bonds is 6. The zero-order valence-electron chi connectivity index (χ0n) is 10.2. The number of ether oxygens (including phenoxy) is 4. The number of hydrogen-bond donors (Lipinski definition) is 0. The molecule has 0 aromatic heterocycles. The molecule has 0 amide bonds. The Labute approximate surface area is 99.0 Å². The van der Waals surface area contributed by atoms with Gasteiger partial charge in [-0.1, -0.05) is 0 Å². The molecule has 0 aliphatic carbocycles. The topological polar surface area (TPSA) is 88.1 Å². The second-order valence-electron chi connectivity index (χ2n) is 3.16. The average molecular weight is 248 g/mol. The summed E-state index contributed by atoms with van der Waals surface area (Å²) < 4.78 is 19.1. The molecule has 0 saturated heterocycles. The van der Waals surface area contributed by atoms with Crippen molar-refractivity contribution in [3.63, 3.8) is 0 Å². The molecule has 0 heterocycles. The lowest BCUT2D eigenvalue weighted by Crippen LogP contribution is -2.39. The van der Waals surface area contributed by atoms with E-state index in [4.69, 9.17) is 18.9 Å². The van der Waals surface area contributed by atoms with E-state index in [0.29, 0.717) is 0 Å². The maximum Gasteiger partial charge on any atom is 0.305 e. The second-order valence-corrected chi connectivity index (χ2v) is 3.16. The van der Waals surface area contributed by atoms with E-state index in [1.807, 2.05) is 0 Å². The van der Waals surface area contributed by atoms with E-state index < -0.39 is 30.3 Å². The van der Waals surface area contributed by atoms with Crippen LogP contribution in [0.5, 0.6) is 0 Å². The van der Waals surface area contributed by atoms with E-state index >= 15 is 0 Å². The Morgan fingerprint density at radius 3 is 1.71 bits per heavy atom. The molecule has 0 spiro atoms. The van der Waals surface area contributed by atoms with Gasteiger partial charge in [-0.2, -0.15) is 0 Å². The zero-order valence-corrected chi connectivity index (χ0v) is 10.2. The zero-order chi connectivity index (χ0) is 13.4. The molecule has 0 bridgehead atoms. The third-order valence-electron chi connectivity index (χ3n) is 1.62. The minimum atomic E-state index is -1.24. The highest BCUT2D eigenvalue weighted by Gasteiger charge is 2.28. The first kappa shape index (κ1) is 15.4. The van der Waals surface area contributed by atoms with Crippen LogP contribution in [0.3, 0.4) is 0 Å². The highest BCUT2D eigenvalue weighted by atomic mass is 16.7. The van der Waals surface area contributed by atoms with Crippen LogP contribution in [0.4, 0.5) is 0 Å². The van der Waals surface area contributed by atoms with Crippen LogP contribution in [0.2, 0.25) is 0 Å². The summed E-state index contributed by atoms with van der Waals surface area (Å²) >= 11 is 0. The minimum Gasteiger partial charge on any atom is -0.463 e. The van der Waals surface area contributed by atoms with Crippen LogP contribution >= 0.6 is 0 Å². The summed E-state index contributed by atoms with van der Waals surface area (Å²) in [6.45, 7) is 3.36. The summed E-state index contributed by atoms with van der Waals surface area (Å²) in [6.07, 6.45) is -2.11. The Hall–Kier alpha value is -1.63. The van der Waals surface area contributed by atoms with Gasteiger partial charge in [0.1, 0.15) is 6.61 Å². The van der Waals surface area contributed by atoms with Crippen molar-refractivity contribution in [1.29, 1.82) is 0 Å². The summed E-state index contributed by atoms with van der Waals surface area (Å²) in [5.41, 5.74) is 0. The molecule has 0 N–H and O–H groups in total. The van der Waals surface area contributed by atoms with Crippen molar-refractivity contribution in [2.24, 2.45) is 0 Å². The molecule has 7 heteroatoms. The summed E-state index contributed by atoms with van der Waals surface area (Å²) in [5.74, 6) is -1.79. The fraction of sp³-hybridized carbons (Fsp3) is 0.700. The van der Waals surface area contributed by atoms with Crippen LogP contribution in [-0.4, -0.2) is 44.0 Å². The van der Waals surface area contributed by atoms with Crippen LogP contribution in [0.15, 0.2) is 0 Å². The maximum atomic E-state index is 10.8. The Balaban J connectivity index is 4.52. The number of esters is 3. The molecular formula is C10H16O7. The van der Waals surface area contributed by atoms with E-state index in [-0.39, 0.29) is 6.61 Å². The number of methoxy groups -OCH3 is 1. The van der Waals surface area contributed by atoms with Crippen molar-refractivity contribution >= 4 is 17.9 Å². The molecule has 1 atom stereocenters. The Morgan fingerprint density at radius 2 is 1.41 bits per heavy atom. The molecule has 0 aromatic carbocycles. The third-order valence-corrected chi connectivity index (χ3v) is 1.62. The van der Waals surface area contributed by atoms with Crippen LogP contribution < -0.4 is 0 Å². The highest BCUT2D eigenvalue weighted by molar-refractivity contribution is 5.68. The monoisotopic (exact) mass is 248 g/mol. The standard InChI is InChI=1S/C10H16O7/c1-6(11)15-5-9(14-4)10(16-7(2)12)17-8(3)13/h9-10H,5H2,1-4H3. The highest BCUT2D eigenvalue weighted by Crippen LogP contribution is 2.07. The van der Waals surface area contributed by atoms with E-state index in [1.54, 1.807) is 0 Å². The second kappa shape index (κ2) is 7.61. The fourth-order valence-electron chi connectivity index (χ4n) is 0.960. The smallest absolute Gasteiger partial charge is 0.305 e. The maximum absolute atomic E-state index is 10.8. The summed E-state index contributed by atoms with van der Waals surface area (Å²) in [7, 11) is 1.31. The van der Waals surface area contributed by atoms with Crippen molar-refractivity contribution in [1.82, 2.24) is 0 Å². The van der Waals surface area contributed by atoms with Crippen molar-refractivity contribution in [3.05, 3.63) is 0 Å². The molecule has 98 valence electrons. The molecule has 1 unspecified atom stereocenters. The molecule has 0 aliphatic heterocycles. The normalized spacial score (nSPS) is 11.8. The summed E-state index contributed by atoms with van der Waals surface area (Å²) in [5, 5.41) is 0. The van der Waals surface area contributed by atoms with Gasteiger partial charge < -0.3 is 18.9 Å². The van der Waals surface area contributed by atoms with Crippen LogP contribution in [0.25, 0.3) is 0 Å². The van der Waals surface area contributed by atoms with Gasteiger partial charge in [-0.3, -0.25) is 14.4 Å². The van der Waals surface area contributed by atoms with Crippen molar-refractivity contribution in [2.75, 3.05) is 13.7 Å². The predicted molar refractivity (Wildman–Crippen MR) is 54.8 cm³/mol. The largest absolute Gasteiger partial charge is 0.463 e. The quantitative estimate of drug-likeness (QED) is 0.483. The van der Waals surface area contributed by atoms with Gasteiger partial charge >= 0.3 is 17.9 Å². The Morgan fingerprint density at radius 1 is 0.941 bits per heavy atom. The number of carbonyl (C=O) groups is 3. The first-order valence-electron chi connectivity index (χ1n) is 4.87. The fourth-order valence-corrected chi connectivity index (χ4v) is 0.960. The molecule has 0 aliphatic rings. The number of hydrogen-bond acceptors (Lipinski definition) is 7. The Kier molecular flexibility index (Phi) is 6.88.